The van der Waals surface area contributed by atoms with Crippen molar-refractivity contribution < 1.29 is 24.2 Å². The van der Waals surface area contributed by atoms with Crippen molar-refractivity contribution in [2.24, 2.45) is 5.92 Å². The number of methoxy groups -OCH3 is 1. The molecule has 2 N–H and O–H groups in total. The van der Waals surface area contributed by atoms with Gasteiger partial charge in [-0.05, 0) is 35.4 Å². The standard InChI is InChI=1S/C23H28N2O5/c1-15(2)23(28)24-18-8-6-17(7-9-18)22-20(13-26)25(21(27)14-30-22)12-16-4-10-19(29-3)11-5-16/h4-11,15,20,22,26H,12-14H2,1-3H3,(H,24,28)/t20-,22-/m1/s1. The van der Waals surface area contributed by atoms with Gasteiger partial charge in [-0.1, -0.05) is 38.1 Å². The molecule has 30 heavy (non-hydrogen) atoms. The monoisotopic (exact) mass is 412 g/mol. The first-order chi connectivity index (χ1) is 14.4. The van der Waals surface area contributed by atoms with E-state index in [4.69, 9.17) is 9.47 Å². The second kappa shape index (κ2) is 9.73. The summed E-state index contributed by atoms with van der Waals surface area (Å²) in [5.74, 6) is 0.416. The molecule has 0 saturated carbocycles. The van der Waals surface area contributed by atoms with Gasteiger partial charge in [0.25, 0.3) is 0 Å². The first-order valence-corrected chi connectivity index (χ1v) is 9.98. The summed E-state index contributed by atoms with van der Waals surface area (Å²) in [6.07, 6.45) is -0.458. The molecule has 0 bridgehead atoms. The molecule has 0 radical (unpaired) electrons. The predicted octanol–water partition coefficient (Wildman–Crippen LogP) is 2.75. The lowest BCUT2D eigenvalue weighted by atomic mass is 9.98. The SMILES string of the molecule is COc1ccc(CN2C(=O)CO[C@H](c3ccc(NC(=O)C(C)C)cc3)[C@H]2CO)cc1. The van der Waals surface area contributed by atoms with Gasteiger partial charge >= 0.3 is 0 Å². The lowest BCUT2D eigenvalue weighted by molar-refractivity contribution is -0.162. The van der Waals surface area contributed by atoms with E-state index in [1.807, 2.05) is 50.2 Å². The van der Waals surface area contributed by atoms with Crippen LogP contribution in [0.15, 0.2) is 48.5 Å². The van der Waals surface area contributed by atoms with Crippen LogP contribution in [0.1, 0.15) is 31.1 Å². The van der Waals surface area contributed by atoms with Crippen LogP contribution in [0.25, 0.3) is 0 Å². The summed E-state index contributed by atoms with van der Waals surface area (Å²) in [7, 11) is 1.60. The number of rotatable bonds is 7. The minimum Gasteiger partial charge on any atom is -0.497 e. The van der Waals surface area contributed by atoms with E-state index in [0.717, 1.165) is 16.9 Å². The number of aliphatic hydroxyl groups is 1. The zero-order chi connectivity index (χ0) is 21.7. The van der Waals surface area contributed by atoms with Crippen molar-refractivity contribution in [3.05, 3.63) is 59.7 Å². The van der Waals surface area contributed by atoms with Crippen LogP contribution in [-0.2, 0) is 20.9 Å². The summed E-state index contributed by atoms with van der Waals surface area (Å²) >= 11 is 0. The van der Waals surface area contributed by atoms with Crippen molar-refractivity contribution >= 4 is 17.5 Å². The molecule has 3 rings (SSSR count). The quantitative estimate of drug-likeness (QED) is 0.730. The van der Waals surface area contributed by atoms with E-state index in [2.05, 4.69) is 5.32 Å². The molecule has 1 aliphatic heterocycles. The van der Waals surface area contributed by atoms with Crippen molar-refractivity contribution in [2.75, 3.05) is 25.6 Å². The average molecular weight is 412 g/mol. The summed E-state index contributed by atoms with van der Waals surface area (Å²) in [6, 6.07) is 14.3. The largest absolute Gasteiger partial charge is 0.497 e. The highest BCUT2D eigenvalue weighted by atomic mass is 16.5. The van der Waals surface area contributed by atoms with E-state index in [9.17, 15) is 14.7 Å². The highest BCUT2D eigenvalue weighted by molar-refractivity contribution is 5.92. The Hall–Kier alpha value is -2.90. The summed E-state index contributed by atoms with van der Waals surface area (Å²) in [5.41, 5.74) is 2.47. The molecule has 1 saturated heterocycles. The third-order valence-corrected chi connectivity index (χ3v) is 5.19. The third kappa shape index (κ3) is 4.98. The van der Waals surface area contributed by atoms with Gasteiger partial charge in [0.1, 0.15) is 18.5 Å². The Morgan fingerprint density at radius 2 is 1.87 bits per heavy atom. The van der Waals surface area contributed by atoms with E-state index in [-0.39, 0.29) is 30.9 Å². The second-order valence-corrected chi connectivity index (χ2v) is 7.62. The van der Waals surface area contributed by atoms with E-state index in [0.29, 0.717) is 12.2 Å². The Balaban J connectivity index is 1.76. The molecule has 1 fully saturated rings. The minimum absolute atomic E-state index is 0.0524. The maximum Gasteiger partial charge on any atom is 0.249 e. The van der Waals surface area contributed by atoms with Crippen LogP contribution >= 0.6 is 0 Å². The average Bonchev–Trinajstić information content (AvgIpc) is 2.76. The van der Waals surface area contributed by atoms with Gasteiger partial charge in [0.05, 0.1) is 19.8 Å². The molecular formula is C23H28N2O5. The number of hydrogen-bond acceptors (Lipinski definition) is 5. The Morgan fingerprint density at radius 1 is 1.20 bits per heavy atom. The summed E-state index contributed by atoms with van der Waals surface area (Å²) < 4.78 is 11.0. The number of morpholine rings is 1. The number of nitrogens with zero attached hydrogens (tertiary/aromatic N) is 1. The van der Waals surface area contributed by atoms with Gasteiger partial charge in [-0.25, -0.2) is 0 Å². The molecule has 7 nitrogen and oxygen atoms in total. The number of carbonyl (C=O) groups excluding carboxylic acids is 2. The number of aliphatic hydroxyl groups excluding tert-OH is 1. The number of carbonyl (C=O) groups is 2. The fourth-order valence-electron chi connectivity index (χ4n) is 3.39. The van der Waals surface area contributed by atoms with Gasteiger partial charge in [-0.3, -0.25) is 9.59 Å². The summed E-state index contributed by atoms with van der Waals surface area (Å²) in [6.45, 7) is 3.76. The fourth-order valence-corrected chi connectivity index (χ4v) is 3.39. The van der Waals surface area contributed by atoms with Crippen LogP contribution in [0.2, 0.25) is 0 Å². The highest BCUT2D eigenvalue weighted by Gasteiger charge is 2.37. The van der Waals surface area contributed by atoms with Crippen molar-refractivity contribution in [3.63, 3.8) is 0 Å². The summed E-state index contributed by atoms with van der Waals surface area (Å²) in [4.78, 5) is 26.1. The molecule has 160 valence electrons. The van der Waals surface area contributed by atoms with Crippen molar-refractivity contribution in [3.8, 4) is 5.75 Å². The van der Waals surface area contributed by atoms with Crippen LogP contribution in [-0.4, -0.2) is 48.2 Å². The van der Waals surface area contributed by atoms with Crippen LogP contribution < -0.4 is 10.1 Å². The first kappa shape index (κ1) is 21.8. The molecule has 1 heterocycles. The maximum atomic E-state index is 12.5. The molecule has 0 aliphatic carbocycles. The van der Waals surface area contributed by atoms with Gasteiger partial charge in [-0.2, -0.15) is 0 Å². The van der Waals surface area contributed by atoms with E-state index in [1.54, 1.807) is 24.1 Å². The fraction of sp³-hybridized carbons (Fsp3) is 0.391. The Labute approximate surface area is 176 Å². The van der Waals surface area contributed by atoms with Crippen LogP contribution in [0.5, 0.6) is 5.75 Å². The molecule has 7 heteroatoms. The Bertz CT molecular complexity index is 864. The summed E-state index contributed by atoms with van der Waals surface area (Å²) in [5, 5.41) is 12.9. The molecule has 0 aromatic heterocycles. The lowest BCUT2D eigenvalue weighted by Crippen LogP contribution is -2.52. The lowest BCUT2D eigenvalue weighted by Gasteiger charge is -2.40. The van der Waals surface area contributed by atoms with Crippen LogP contribution in [0.3, 0.4) is 0 Å². The van der Waals surface area contributed by atoms with Gasteiger partial charge in [0, 0.05) is 18.2 Å². The molecule has 2 aromatic carbocycles. The first-order valence-electron chi connectivity index (χ1n) is 9.98. The number of anilines is 1. The molecule has 0 spiro atoms. The number of ether oxygens (including phenoxy) is 2. The van der Waals surface area contributed by atoms with Gasteiger partial charge in [-0.15, -0.1) is 0 Å². The zero-order valence-corrected chi connectivity index (χ0v) is 17.5. The molecule has 0 unspecified atom stereocenters. The second-order valence-electron chi connectivity index (χ2n) is 7.62. The molecule has 2 atom stereocenters. The highest BCUT2D eigenvalue weighted by Crippen LogP contribution is 2.31. The maximum absolute atomic E-state index is 12.5. The van der Waals surface area contributed by atoms with E-state index in [1.165, 1.54) is 0 Å². The number of benzene rings is 2. The van der Waals surface area contributed by atoms with Gasteiger partial charge in [0.15, 0.2) is 0 Å². The van der Waals surface area contributed by atoms with Crippen LogP contribution in [0.4, 0.5) is 5.69 Å². The van der Waals surface area contributed by atoms with Crippen molar-refractivity contribution in [1.82, 2.24) is 4.90 Å². The topological polar surface area (TPSA) is 88.1 Å². The van der Waals surface area contributed by atoms with Crippen molar-refractivity contribution in [2.45, 2.75) is 32.5 Å². The van der Waals surface area contributed by atoms with Gasteiger partial charge < -0.3 is 24.8 Å². The third-order valence-electron chi connectivity index (χ3n) is 5.19. The zero-order valence-electron chi connectivity index (χ0n) is 17.5. The van der Waals surface area contributed by atoms with Gasteiger partial charge in [0.2, 0.25) is 11.8 Å². The minimum atomic E-state index is -0.510. The smallest absolute Gasteiger partial charge is 0.249 e. The molecule has 1 aliphatic rings. The van der Waals surface area contributed by atoms with E-state index >= 15 is 0 Å². The normalized spacial score (nSPS) is 19.1. The Morgan fingerprint density at radius 3 is 2.43 bits per heavy atom. The molecular weight excluding hydrogens is 384 g/mol. The number of nitrogens with one attached hydrogen (secondary N) is 1. The predicted molar refractivity (Wildman–Crippen MR) is 113 cm³/mol. The number of hydrogen-bond donors (Lipinski definition) is 2. The van der Waals surface area contributed by atoms with Crippen molar-refractivity contribution in [1.29, 1.82) is 0 Å². The van der Waals surface area contributed by atoms with E-state index < -0.39 is 12.1 Å². The molecule has 2 amide bonds. The Kier molecular flexibility index (Phi) is 7.07. The van der Waals surface area contributed by atoms with Crippen LogP contribution in [0, 0.1) is 5.92 Å². The molecule has 2 aromatic rings. The number of amides is 2.